The van der Waals surface area contributed by atoms with Crippen molar-refractivity contribution in [3.8, 4) is 0 Å². The van der Waals surface area contributed by atoms with Gasteiger partial charge in [0.15, 0.2) is 5.16 Å². The molecule has 31 heavy (non-hydrogen) atoms. The average Bonchev–Trinajstić information content (AvgIpc) is 3.27. The van der Waals surface area contributed by atoms with Gasteiger partial charge in [0.05, 0.1) is 5.69 Å². The van der Waals surface area contributed by atoms with Crippen molar-refractivity contribution in [1.29, 1.82) is 0 Å². The quantitative estimate of drug-likeness (QED) is 0.444. The number of ether oxygens (including phenoxy) is 1. The maximum absolute atomic E-state index is 13.0. The molecule has 162 valence electrons. The summed E-state index contributed by atoms with van der Waals surface area (Å²) in [5.74, 6) is -0.0873. The number of H-pyrrole nitrogens is 1. The summed E-state index contributed by atoms with van der Waals surface area (Å²) in [6.45, 7) is 4.14. The summed E-state index contributed by atoms with van der Waals surface area (Å²) in [4.78, 5) is 33.4. The van der Waals surface area contributed by atoms with E-state index >= 15 is 0 Å². The van der Waals surface area contributed by atoms with Crippen LogP contribution in [0.2, 0.25) is 0 Å². The van der Waals surface area contributed by atoms with Gasteiger partial charge < -0.3 is 20.4 Å². The number of nitrogens with one attached hydrogen (secondary N) is 3. The maximum atomic E-state index is 13.0. The molecule has 3 N–H and O–H groups in total. The highest BCUT2D eigenvalue weighted by atomic mass is 32.2. The number of imidazole rings is 1. The molecule has 1 aromatic heterocycles. The molecule has 1 atom stereocenters. The second-order valence-electron chi connectivity index (χ2n) is 7.37. The number of anilines is 1. The first-order chi connectivity index (χ1) is 15.0. The molecule has 3 rings (SSSR count). The Morgan fingerprint density at radius 3 is 2.55 bits per heavy atom. The molecule has 0 fully saturated rings. The molecule has 0 saturated heterocycles. The van der Waals surface area contributed by atoms with Crippen molar-refractivity contribution in [2.45, 2.75) is 43.0 Å². The van der Waals surface area contributed by atoms with Crippen LogP contribution in [0, 0.1) is 5.92 Å². The molecule has 0 aliphatic heterocycles. The SMILES string of the molecule is CC(C)C[C@H](NC(=O)OCc1ccccc1)C(=O)Nc1ccccc1Sc1ncc[nH]1. The van der Waals surface area contributed by atoms with Crippen LogP contribution in [0.25, 0.3) is 0 Å². The summed E-state index contributed by atoms with van der Waals surface area (Å²) in [5, 5.41) is 6.37. The molecular formula is C23H26N4O3S. The molecule has 3 aromatic rings. The van der Waals surface area contributed by atoms with E-state index in [1.165, 1.54) is 11.8 Å². The van der Waals surface area contributed by atoms with Crippen molar-refractivity contribution in [1.82, 2.24) is 15.3 Å². The number of carbonyl (C=O) groups excluding carboxylic acids is 2. The minimum Gasteiger partial charge on any atom is -0.445 e. The molecule has 2 aromatic carbocycles. The van der Waals surface area contributed by atoms with Gasteiger partial charge in [-0.2, -0.15) is 0 Å². The van der Waals surface area contributed by atoms with Gasteiger partial charge in [0.2, 0.25) is 5.91 Å². The summed E-state index contributed by atoms with van der Waals surface area (Å²) in [7, 11) is 0. The lowest BCUT2D eigenvalue weighted by Gasteiger charge is -2.20. The van der Waals surface area contributed by atoms with Gasteiger partial charge in [-0.05, 0) is 41.8 Å². The molecule has 8 heteroatoms. The fourth-order valence-electron chi connectivity index (χ4n) is 2.90. The van der Waals surface area contributed by atoms with Crippen LogP contribution in [0.3, 0.4) is 0 Å². The number of hydrogen-bond donors (Lipinski definition) is 3. The fraction of sp³-hybridized carbons (Fsp3) is 0.261. The molecule has 7 nitrogen and oxygen atoms in total. The molecular weight excluding hydrogens is 412 g/mol. The van der Waals surface area contributed by atoms with E-state index in [9.17, 15) is 9.59 Å². The van der Waals surface area contributed by atoms with E-state index in [0.717, 1.165) is 15.6 Å². The molecule has 0 saturated carbocycles. The summed E-state index contributed by atoms with van der Waals surface area (Å²) >= 11 is 1.41. The third kappa shape index (κ3) is 7.18. The van der Waals surface area contributed by atoms with E-state index in [1.54, 1.807) is 12.4 Å². The highest BCUT2D eigenvalue weighted by Gasteiger charge is 2.23. The van der Waals surface area contributed by atoms with E-state index in [-0.39, 0.29) is 18.4 Å². The van der Waals surface area contributed by atoms with Crippen molar-refractivity contribution in [3.63, 3.8) is 0 Å². The highest BCUT2D eigenvalue weighted by molar-refractivity contribution is 7.99. The van der Waals surface area contributed by atoms with Crippen LogP contribution < -0.4 is 10.6 Å². The largest absolute Gasteiger partial charge is 0.445 e. The van der Waals surface area contributed by atoms with Gasteiger partial charge in [0.25, 0.3) is 0 Å². The Kier molecular flexibility index (Phi) is 8.12. The number of aromatic amines is 1. The molecule has 0 aliphatic carbocycles. The van der Waals surface area contributed by atoms with Gasteiger partial charge in [-0.1, -0.05) is 56.3 Å². The Balaban J connectivity index is 1.64. The molecule has 0 unspecified atom stereocenters. The predicted octanol–water partition coefficient (Wildman–Crippen LogP) is 4.84. The average molecular weight is 439 g/mol. The molecule has 0 aliphatic rings. The first-order valence-corrected chi connectivity index (χ1v) is 10.9. The Bertz CT molecular complexity index is 978. The van der Waals surface area contributed by atoms with Crippen LogP contribution in [0.15, 0.2) is 77.0 Å². The second-order valence-corrected chi connectivity index (χ2v) is 8.40. The Morgan fingerprint density at radius 1 is 1.10 bits per heavy atom. The topological polar surface area (TPSA) is 96.1 Å². The minimum absolute atomic E-state index is 0.144. The number of nitrogens with zero attached hydrogens (tertiary/aromatic N) is 1. The van der Waals surface area contributed by atoms with Crippen molar-refractivity contribution in [2.75, 3.05) is 5.32 Å². The van der Waals surface area contributed by atoms with Crippen LogP contribution in [0.4, 0.5) is 10.5 Å². The van der Waals surface area contributed by atoms with Crippen molar-refractivity contribution in [2.24, 2.45) is 5.92 Å². The molecule has 0 bridgehead atoms. The summed E-state index contributed by atoms with van der Waals surface area (Å²) in [5.41, 5.74) is 1.54. The Morgan fingerprint density at radius 2 is 1.84 bits per heavy atom. The number of aromatic nitrogens is 2. The van der Waals surface area contributed by atoms with Crippen molar-refractivity contribution >= 4 is 29.4 Å². The first-order valence-electron chi connectivity index (χ1n) is 10.1. The third-order valence-electron chi connectivity index (χ3n) is 4.35. The van der Waals surface area contributed by atoms with Crippen LogP contribution in [0.1, 0.15) is 25.8 Å². The van der Waals surface area contributed by atoms with Crippen molar-refractivity contribution < 1.29 is 14.3 Å². The third-order valence-corrected chi connectivity index (χ3v) is 5.35. The van der Waals surface area contributed by atoms with Gasteiger partial charge in [-0.15, -0.1) is 0 Å². The Labute approximate surface area is 186 Å². The summed E-state index contributed by atoms with van der Waals surface area (Å²) in [6.07, 6.45) is 3.28. The molecule has 1 heterocycles. The normalized spacial score (nSPS) is 11.7. The smallest absolute Gasteiger partial charge is 0.408 e. The fourth-order valence-corrected chi connectivity index (χ4v) is 3.72. The lowest BCUT2D eigenvalue weighted by Crippen LogP contribution is -2.44. The number of benzene rings is 2. The zero-order chi connectivity index (χ0) is 22.1. The molecule has 2 amide bonds. The van der Waals surface area contributed by atoms with Crippen molar-refractivity contribution in [3.05, 3.63) is 72.6 Å². The van der Waals surface area contributed by atoms with E-state index in [1.807, 2.05) is 68.4 Å². The number of rotatable bonds is 9. The summed E-state index contributed by atoms with van der Waals surface area (Å²) < 4.78 is 5.29. The molecule has 0 radical (unpaired) electrons. The number of alkyl carbamates (subject to hydrolysis) is 1. The van der Waals surface area contributed by atoms with Gasteiger partial charge in [-0.3, -0.25) is 4.79 Å². The number of hydrogen-bond acceptors (Lipinski definition) is 5. The van der Waals surface area contributed by atoms with Crippen LogP contribution >= 0.6 is 11.8 Å². The van der Waals surface area contributed by atoms with Crippen LogP contribution in [-0.4, -0.2) is 28.0 Å². The number of carbonyl (C=O) groups is 2. The van der Waals surface area contributed by atoms with Gasteiger partial charge in [0, 0.05) is 17.3 Å². The lowest BCUT2D eigenvalue weighted by atomic mass is 10.0. The van der Waals surface area contributed by atoms with Gasteiger partial charge >= 0.3 is 6.09 Å². The van der Waals surface area contributed by atoms with E-state index < -0.39 is 12.1 Å². The minimum atomic E-state index is -0.718. The van der Waals surface area contributed by atoms with E-state index in [0.29, 0.717) is 12.1 Å². The second kappa shape index (κ2) is 11.2. The highest BCUT2D eigenvalue weighted by Crippen LogP contribution is 2.31. The standard InChI is InChI=1S/C23H26N4O3S/c1-16(2)14-19(27-23(29)30-15-17-8-4-3-5-9-17)21(28)26-18-10-6-7-11-20(18)31-22-24-12-13-25-22/h3-13,16,19H,14-15H2,1-2H3,(H,24,25)(H,26,28)(H,27,29)/t19-/m0/s1. The monoisotopic (exact) mass is 438 g/mol. The molecule has 0 spiro atoms. The number of amides is 2. The summed E-state index contributed by atoms with van der Waals surface area (Å²) in [6, 6.07) is 16.2. The maximum Gasteiger partial charge on any atom is 0.408 e. The number of para-hydroxylation sites is 1. The zero-order valence-corrected chi connectivity index (χ0v) is 18.3. The Hall–Kier alpha value is -3.26. The lowest BCUT2D eigenvalue weighted by molar-refractivity contribution is -0.118. The first kappa shape index (κ1) is 22.4. The van der Waals surface area contributed by atoms with E-state index in [4.69, 9.17) is 4.74 Å². The van der Waals surface area contributed by atoms with Crippen LogP contribution in [-0.2, 0) is 16.1 Å². The predicted molar refractivity (Wildman–Crippen MR) is 121 cm³/mol. The van der Waals surface area contributed by atoms with E-state index in [2.05, 4.69) is 20.6 Å². The zero-order valence-electron chi connectivity index (χ0n) is 17.5. The van der Waals surface area contributed by atoms with Crippen LogP contribution in [0.5, 0.6) is 0 Å². The van der Waals surface area contributed by atoms with Gasteiger partial charge in [0.1, 0.15) is 12.6 Å². The van der Waals surface area contributed by atoms with Gasteiger partial charge in [-0.25, -0.2) is 9.78 Å².